The fraction of sp³-hybridized carbons (Fsp3) is 0.458. The monoisotopic (exact) mass is 487 g/mol. The van der Waals surface area contributed by atoms with Gasteiger partial charge >= 0.3 is 6.18 Å². The normalized spacial score (nSPS) is 24.4. The van der Waals surface area contributed by atoms with Crippen molar-refractivity contribution in [2.75, 3.05) is 18.5 Å². The smallest absolute Gasteiger partial charge is 0.433 e. The van der Waals surface area contributed by atoms with Crippen LogP contribution in [-0.2, 0) is 15.7 Å². The molecule has 0 radical (unpaired) electrons. The molecular weight excluding hydrogens is 463 g/mol. The Labute approximate surface area is 198 Å². The van der Waals surface area contributed by atoms with Gasteiger partial charge in [0.1, 0.15) is 17.5 Å². The number of hydrogen-bond acceptors (Lipinski definition) is 6. The summed E-state index contributed by atoms with van der Waals surface area (Å²) in [5.41, 5.74) is 0.497. The first-order valence-electron chi connectivity index (χ1n) is 11.7. The van der Waals surface area contributed by atoms with Gasteiger partial charge in [-0.3, -0.25) is 4.79 Å². The van der Waals surface area contributed by atoms with Gasteiger partial charge in [0.15, 0.2) is 5.82 Å². The van der Waals surface area contributed by atoms with E-state index in [1.807, 2.05) is 0 Å². The zero-order valence-corrected chi connectivity index (χ0v) is 18.7. The van der Waals surface area contributed by atoms with Gasteiger partial charge in [-0.2, -0.15) is 18.3 Å². The molecule has 0 aromatic carbocycles. The third-order valence-corrected chi connectivity index (χ3v) is 6.63. The Morgan fingerprint density at radius 1 is 1.17 bits per heavy atom. The van der Waals surface area contributed by atoms with Gasteiger partial charge in [-0.05, 0) is 36.6 Å². The van der Waals surface area contributed by atoms with Crippen molar-refractivity contribution in [2.45, 2.75) is 50.0 Å². The molecule has 35 heavy (non-hydrogen) atoms. The molecule has 3 aromatic heterocycles. The summed E-state index contributed by atoms with van der Waals surface area (Å²) in [5.74, 6) is 0.680. The Morgan fingerprint density at radius 3 is 2.66 bits per heavy atom. The van der Waals surface area contributed by atoms with Gasteiger partial charge in [-0.15, -0.1) is 0 Å². The van der Waals surface area contributed by atoms with E-state index < -0.39 is 11.9 Å². The second-order valence-electron chi connectivity index (χ2n) is 9.45. The van der Waals surface area contributed by atoms with Crippen molar-refractivity contribution in [3.8, 4) is 16.9 Å². The number of hydrogen-bond donors (Lipinski definition) is 2. The summed E-state index contributed by atoms with van der Waals surface area (Å²) in [6, 6.07) is 6.45. The van der Waals surface area contributed by atoms with E-state index in [0.717, 1.165) is 25.1 Å². The van der Waals surface area contributed by atoms with Crippen molar-refractivity contribution in [2.24, 2.45) is 5.92 Å². The summed E-state index contributed by atoms with van der Waals surface area (Å²) in [6.45, 7) is 1.18. The van der Waals surface area contributed by atoms with Crippen LogP contribution >= 0.6 is 0 Å². The molecule has 2 bridgehead atoms. The zero-order valence-electron chi connectivity index (χ0n) is 18.7. The fourth-order valence-corrected chi connectivity index (χ4v) is 4.78. The predicted octanol–water partition coefficient (Wildman–Crippen LogP) is 3.66. The molecule has 3 aliphatic rings. The van der Waals surface area contributed by atoms with Crippen LogP contribution in [0.1, 0.15) is 31.4 Å². The maximum atomic E-state index is 13.5. The summed E-state index contributed by atoms with van der Waals surface area (Å²) >= 11 is 0. The van der Waals surface area contributed by atoms with Gasteiger partial charge in [0.2, 0.25) is 5.91 Å². The Balaban J connectivity index is 1.32. The second kappa shape index (κ2) is 8.49. The van der Waals surface area contributed by atoms with Gasteiger partial charge in [-0.1, -0.05) is 0 Å². The Kier molecular flexibility index (Phi) is 5.41. The van der Waals surface area contributed by atoms with Crippen LogP contribution in [0, 0.1) is 5.92 Å². The van der Waals surface area contributed by atoms with E-state index >= 15 is 0 Å². The first-order chi connectivity index (χ1) is 16.8. The maximum absolute atomic E-state index is 13.5. The van der Waals surface area contributed by atoms with Crippen molar-refractivity contribution in [3.63, 3.8) is 0 Å². The Bertz CT molecular complexity index is 1260. The lowest BCUT2D eigenvalue weighted by molar-refractivity contribution is -0.141. The Hall–Kier alpha value is -3.18. The summed E-state index contributed by atoms with van der Waals surface area (Å²) < 4.78 is 53.9. The van der Waals surface area contributed by atoms with Gasteiger partial charge < -0.3 is 20.1 Å². The minimum Gasteiger partial charge on any atom is -0.488 e. The molecule has 1 saturated carbocycles. The zero-order chi connectivity index (χ0) is 24.2. The van der Waals surface area contributed by atoms with E-state index in [4.69, 9.17) is 9.47 Å². The summed E-state index contributed by atoms with van der Waals surface area (Å²) in [7, 11) is 0. The lowest BCUT2D eigenvalue weighted by Gasteiger charge is -2.40. The molecule has 3 fully saturated rings. The number of rotatable bonds is 5. The van der Waals surface area contributed by atoms with E-state index in [9.17, 15) is 18.0 Å². The van der Waals surface area contributed by atoms with E-state index in [-0.39, 0.29) is 30.0 Å². The average molecular weight is 487 g/mol. The van der Waals surface area contributed by atoms with Gasteiger partial charge in [0, 0.05) is 48.7 Å². The molecule has 2 N–H and O–H groups in total. The highest BCUT2D eigenvalue weighted by molar-refractivity contribution is 5.93. The van der Waals surface area contributed by atoms with Crippen LogP contribution < -0.4 is 15.4 Å². The maximum Gasteiger partial charge on any atom is 0.433 e. The number of nitrogens with zero attached hydrogens (tertiary/aromatic N) is 3. The summed E-state index contributed by atoms with van der Waals surface area (Å²) in [5, 5.41) is 10.6. The molecule has 2 saturated heterocycles. The Morgan fingerprint density at radius 2 is 1.94 bits per heavy atom. The van der Waals surface area contributed by atoms with Crippen LogP contribution in [0.15, 0.2) is 36.7 Å². The molecule has 0 spiro atoms. The second-order valence-corrected chi connectivity index (χ2v) is 9.45. The highest BCUT2D eigenvalue weighted by Gasteiger charge is 2.36. The third kappa shape index (κ3) is 4.70. The standard InChI is InChI=1S/C24H24F3N5O3/c25-24(26,27)21-9-19(20(10-28-21)35-18-6-15-11-34-12-16(7-18)29-15)14-3-4-32-17(5-14)8-22(31-32)30-23(33)13-1-2-13/h3-5,8-10,13,15-16,18,29H,1-2,6-7,11-12H2,(H,30,31,33)/t15-,16+,18-. The molecule has 184 valence electrons. The predicted molar refractivity (Wildman–Crippen MR) is 120 cm³/mol. The first kappa shape index (κ1) is 22.3. The minimum absolute atomic E-state index is 0.0359. The molecule has 2 aliphatic heterocycles. The molecular formula is C24H24F3N5O3. The fourth-order valence-electron chi connectivity index (χ4n) is 4.78. The quantitative estimate of drug-likeness (QED) is 0.571. The average Bonchev–Trinajstić information content (AvgIpc) is 3.59. The van der Waals surface area contributed by atoms with Crippen LogP contribution in [0.5, 0.6) is 5.75 Å². The molecule has 3 atom stereocenters. The van der Waals surface area contributed by atoms with Crippen LogP contribution in [0.2, 0.25) is 0 Å². The van der Waals surface area contributed by atoms with Gasteiger partial charge in [-0.25, -0.2) is 9.50 Å². The molecule has 6 rings (SSSR count). The minimum atomic E-state index is -4.59. The third-order valence-electron chi connectivity index (χ3n) is 6.63. The van der Waals surface area contributed by atoms with Crippen LogP contribution in [-0.4, -0.2) is 51.9 Å². The number of piperidine rings is 1. The number of morpholine rings is 1. The number of amides is 1. The van der Waals surface area contributed by atoms with Crippen molar-refractivity contribution < 1.29 is 27.4 Å². The van der Waals surface area contributed by atoms with Gasteiger partial charge in [0.05, 0.1) is 24.9 Å². The number of carbonyl (C=O) groups excluding carboxylic acids is 1. The summed E-state index contributed by atoms with van der Waals surface area (Å²) in [6.07, 6.45) is 1.22. The first-order valence-corrected chi connectivity index (χ1v) is 11.7. The number of fused-ring (bicyclic) bond motifs is 3. The molecule has 5 heterocycles. The SMILES string of the molecule is O=C(Nc1cc2cc(-c3cc(C(F)(F)F)ncc3O[C@H]3C[C@H]4COC[C@@H](C3)N4)ccn2n1)C1CC1. The highest BCUT2D eigenvalue weighted by atomic mass is 19.4. The lowest BCUT2D eigenvalue weighted by Crippen LogP contribution is -2.56. The van der Waals surface area contributed by atoms with Crippen molar-refractivity contribution in [1.29, 1.82) is 0 Å². The molecule has 1 aliphatic carbocycles. The van der Waals surface area contributed by atoms with E-state index in [1.54, 1.807) is 28.9 Å². The van der Waals surface area contributed by atoms with Crippen LogP contribution in [0.25, 0.3) is 16.6 Å². The van der Waals surface area contributed by atoms with Crippen molar-refractivity contribution in [3.05, 3.63) is 42.4 Å². The number of carbonyl (C=O) groups is 1. The van der Waals surface area contributed by atoms with Gasteiger partial charge in [0.25, 0.3) is 0 Å². The van der Waals surface area contributed by atoms with E-state index in [2.05, 4.69) is 20.7 Å². The van der Waals surface area contributed by atoms with Crippen molar-refractivity contribution in [1.82, 2.24) is 19.9 Å². The molecule has 11 heteroatoms. The van der Waals surface area contributed by atoms with E-state index in [1.165, 1.54) is 0 Å². The largest absolute Gasteiger partial charge is 0.488 e. The topological polar surface area (TPSA) is 89.8 Å². The lowest BCUT2D eigenvalue weighted by atomic mass is 9.94. The number of nitrogens with one attached hydrogen (secondary N) is 2. The van der Waals surface area contributed by atoms with Crippen LogP contribution in [0.4, 0.5) is 19.0 Å². The highest BCUT2D eigenvalue weighted by Crippen LogP contribution is 2.38. The number of aromatic nitrogens is 3. The molecule has 8 nitrogen and oxygen atoms in total. The number of anilines is 1. The molecule has 3 aromatic rings. The van der Waals surface area contributed by atoms with E-state index in [0.29, 0.717) is 54.3 Å². The number of pyridine rings is 2. The summed E-state index contributed by atoms with van der Waals surface area (Å²) in [4.78, 5) is 15.7. The van der Waals surface area contributed by atoms with Crippen LogP contribution in [0.3, 0.4) is 0 Å². The molecule has 1 amide bonds. The number of halogens is 3. The number of alkyl halides is 3. The molecule has 0 unspecified atom stereocenters. The van der Waals surface area contributed by atoms with Crippen molar-refractivity contribution >= 4 is 17.2 Å². The number of ether oxygens (including phenoxy) is 2.